The van der Waals surface area contributed by atoms with Gasteiger partial charge in [-0.3, -0.25) is 9.59 Å². The average molecular weight is 486 g/mol. The normalized spacial score (nSPS) is 15.6. The molecule has 0 saturated carbocycles. The van der Waals surface area contributed by atoms with Crippen molar-refractivity contribution in [2.24, 2.45) is 5.92 Å². The monoisotopic (exact) mass is 485 g/mol. The van der Waals surface area contributed by atoms with E-state index in [1.807, 2.05) is 4.90 Å². The van der Waals surface area contributed by atoms with Crippen LogP contribution in [0.4, 0.5) is 24.7 Å². The van der Waals surface area contributed by atoms with Crippen LogP contribution in [0.5, 0.6) is 5.75 Å². The maximum absolute atomic E-state index is 12.7. The summed E-state index contributed by atoms with van der Waals surface area (Å²) in [6, 6.07) is 7.05. The fourth-order valence-electron chi connectivity index (χ4n) is 3.42. The molecule has 1 aliphatic rings. The highest BCUT2D eigenvalue weighted by Gasteiger charge is 2.32. The number of nitrogens with one attached hydrogen (secondary N) is 1. The molecule has 0 bridgehead atoms. The lowest BCUT2D eigenvalue weighted by Gasteiger charge is -2.32. The molecule has 11 heteroatoms. The van der Waals surface area contributed by atoms with Crippen LogP contribution >= 0.6 is 11.6 Å². The Labute approximate surface area is 193 Å². The number of alkyl halides is 3. The van der Waals surface area contributed by atoms with Gasteiger partial charge in [-0.1, -0.05) is 11.6 Å². The molecule has 2 aromatic rings. The number of nitrogens with zero attached hydrogens (tertiary/aromatic N) is 2. The quantitative estimate of drug-likeness (QED) is 0.605. The van der Waals surface area contributed by atoms with Crippen LogP contribution in [-0.4, -0.2) is 43.2 Å². The molecule has 0 spiro atoms. The minimum absolute atomic E-state index is 0.357. The van der Waals surface area contributed by atoms with Crippen molar-refractivity contribution in [3.05, 3.63) is 47.1 Å². The summed E-state index contributed by atoms with van der Waals surface area (Å²) < 4.78 is 48.6. The summed E-state index contributed by atoms with van der Waals surface area (Å²) in [6.45, 7) is 2.32. The van der Waals surface area contributed by atoms with E-state index in [0.717, 1.165) is 12.3 Å². The lowest BCUT2D eigenvalue weighted by atomic mass is 9.97. The number of rotatable bonds is 6. The minimum atomic E-state index is -4.44. The van der Waals surface area contributed by atoms with E-state index in [-0.39, 0.29) is 0 Å². The van der Waals surface area contributed by atoms with Crippen molar-refractivity contribution in [1.82, 2.24) is 4.98 Å². The molecular weight excluding hydrogens is 463 g/mol. The molecule has 1 aromatic carbocycles. The molecular formula is C22H23ClF3N3O4. The van der Waals surface area contributed by atoms with Gasteiger partial charge in [-0.05, 0) is 50.1 Å². The van der Waals surface area contributed by atoms with Crippen molar-refractivity contribution >= 4 is 35.0 Å². The predicted molar refractivity (Wildman–Crippen MR) is 116 cm³/mol. The molecule has 1 unspecified atom stereocenters. The molecule has 1 N–H and O–H groups in total. The number of carbonyl (C=O) groups excluding carboxylic acids is 2. The van der Waals surface area contributed by atoms with Gasteiger partial charge in [0.2, 0.25) is 0 Å². The second-order valence-electron chi connectivity index (χ2n) is 7.58. The van der Waals surface area contributed by atoms with Gasteiger partial charge in [0.1, 0.15) is 11.6 Å². The Bertz CT molecular complexity index is 993. The molecule has 7 nitrogen and oxygen atoms in total. The van der Waals surface area contributed by atoms with Crippen molar-refractivity contribution in [2.45, 2.75) is 32.0 Å². The summed E-state index contributed by atoms with van der Waals surface area (Å²) in [4.78, 5) is 30.7. The zero-order valence-corrected chi connectivity index (χ0v) is 18.7. The van der Waals surface area contributed by atoms with E-state index in [4.69, 9.17) is 21.1 Å². The van der Waals surface area contributed by atoms with E-state index < -0.39 is 35.6 Å². The Kier molecular flexibility index (Phi) is 7.68. The van der Waals surface area contributed by atoms with Crippen LogP contribution in [0.3, 0.4) is 0 Å². The van der Waals surface area contributed by atoms with E-state index in [9.17, 15) is 22.8 Å². The summed E-state index contributed by atoms with van der Waals surface area (Å²) >= 11 is 5.96. The number of anilines is 2. The molecule has 1 atom stereocenters. The van der Waals surface area contributed by atoms with Gasteiger partial charge in [0.05, 0.1) is 24.3 Å². The first-order chi connectivity index (χ1) is 15.6. The zero-order valence-electron chi connectivity index (χ0n) is 18.0. The highest BCUT2D eigenvalue weighted by Crippen LogP contribution is 2.31. The standard InChI is InChI=1S/C22H23ClF3N3O4/c1-13(20(30)28-17-11-16(23)4-5-18(17)32-2)33-21(31)14-7-9-29(10-8-14)19-6-3-15(12-27-19)22(24,25)26/h3-6,11-14H,7-10H2,1-2H3,(H,28,30). The van der Waals surface area contributed by atoms with Gasteiger partial charge in [-0.15, -0.1) is 0 Å². The minimum Gasteiger partial charge on any atom is -0.495 e. The Hall–Kier alpha value is -3.01. The number of hydrogen-bond acceptors (Lipinski definition) is 6. The number of ether oxygens (including phenoxy) is 2. The zero-order chi connectivity index (χ0) is 24.2. The summed E-state index contributed by atoms with van der Waals surface area (Å²) in [6.07, 6.45) is -3.83. The van der Waals surface area contributed by atoms with Gasteiger partial charge in [0.15, 0.2) is 6.10 Å². The number of hydrogen-bond donors (Lipinski definition) is 1. The fraction of sp³-hybridized carbons (Fsp3) is 0.409. The van der Waals surface area contributed by atoms with E-state index in [2.05, 4.69) is 10.3 Å². The first-order valence-corrected chi connectivity index (χ1v) is 10.6. The molecule has 1 aliphatic heterocycles. The van der Waals surface area contributed by atoms with Crippen molar-refractivity contribution in [2.75, 3.05) is 30.4 Å². The maximum Gasteiger partial charge on any atom is 0.417 e. The van der Waals surface area contributed by atoms with Crippen LogP contribution in [0.1, 0.15) is 25.3 Å². The molecule has 1 fully saturated rings. The van der Waals surface area contributed by atoms with Crippen LogP contribution < -0.4 is 15.0 Å². The molecule has 33 heavy (non-hydrogen) atoms. The third kappa shape index (κ3) is 6.28. The van der Waals surface area contributed by atoms with Crippen LogP contribution in [0.2, 0.25) is 5.02 Å². The van der Waals surface area contributed by atoms with Crippen LogP contribution in [-0.2, 0) is 20.5 Å². The Balaban J connectivity index is 1.51. The van der Waals surface area contributed by atoms with Gasteiger partial charge in [0.25, 0.3) is 5.91 Å². The van der Waals surface area contributed by atoms with E-state index in [1.165, 1.54) is 26.2 Å². The largest absolute Gasteiger partial charge is 0.495 e. The third-order valence-corrected chi connectivity index (χ3v) is 5.54. The van der Waals surface area contributed by atoms with E-state index in [1.54, 1.807) is 12.1 Å². The maximum atomic E-state index is 12.7. The van der Waals surface area contributed by atoms with E-state index in [0.29, 0.717) is 48.2 Å². The number of aromatic nitrogens is 1. The first kappa shape index (κ1) is 24.6. The summed E-state index contributed by atoms with van der Waals surface area (Å²) in [5.74, 6) is -0.633. The molecule has 0 aliphatic carbocycles. The third-order valence-electron chi connectivity index (χ3n) is 5.31. The number of esters is 1. The Morgan fingerprint density at radius 3 is 2.48 bits per heavy atom. The Morgan fingerprint density at radius 2 is 1.91 bits per heavy atom. The van der Waals surface area contributed by atoms with Crippen molar-refractivity contribution in [1.29, 1.82) is 0 Å². The van der Waals surface area contributed by atoms with Gasteiger partial charge in [0, 0.05) is 24.3 Å². The fourth-order valence-corrected chi connectivity index (χ4v) is 3.59. The molecule has 0 radical (unpaired) electrons. The Morgan fingerprint density at radius 1 is 1.21 bits per heavy atom. The van der Waals surface area contributed by atoms with Crippen LogP contribution in [0.25, 0.3) is 0 Å². The van der Waals surface area contributed by atoms with Crippen LogP contribution in [0, 0.1) is 5.92 Å². The highest BCUT2D eigenvalue weighted by molar-refractivity contribution is 6.31. The second-order valence-corrected chi connectivity index (χ2v) is 8.01. The van der Waals surface area contributed by atoms with E-state index >= 15 is 0 Å². The van der Waals surface area contributed by atoms with Crippen molar-refractivity contribution in [3.8, 4) is 5.75 Å². The number of methoxy groups -OCH3 is 1. The summed E-state index contributed by atoms with van der Waals surface area (Å²) in [7, 11) is 1.45. The SMILES string of the molecule is COc1ccc(Cl)cc1NC(=O)C(C)OC(=O)C1CCN(c2ccc(C(F)(F)F)cn2)CC1. The molecule has 1 saturated heterocycles. The number of carbonyl (C=O) groups is 2. The first-order valence-electron chi connectivity index (χ1n) is 10.2. The van der Waals surface area contributed by atoms with Crippen molar-refractivity contribution in [3.63, 3.8) is 0 Å². The van der Waals surface area contributed by atoms with Crippen LogP contribution in [0.15, 0.2) is 36.5 Å². The van der Waals surface area contributed by atoms with Gasteiger partial charge in [-0.2, -0.15) is 13.2 Å². The molecule has 3 rings (SSSR count). The number of benzene rings is 1. The predicted octanol–water partition coefficient (Wildman–Crippen LogP) is 4.55. The number of pyridine rings is 1. The smallest absolute Gasteiger partial charge is 0.417 e. The van der Waals surface area contributed by atoms with Gasteiger partial charge in [-0.25, -0.2) is 4.98 Å². The molecule has 1 aromatic heterocycles. The van der Waals surface area contributed by atoms with Gasteiger partial charge < -0.3 is 19.7 Å². The number of halogens is 4. The summed E-state index contributed by atoms with van der Waals surface area (Å²) in [5, 5.41) is 3.04. The molecule has 178 valence electrons. The highest BCUT2D eigenvalue weighted by atomic mass is 35.5. The van der Waals surface area contributed by atoms with Gasteiger partial charge >= 0.3 is 12.1 Å². The summed E-state index contributed by atoms with van der Waals surface area (Å²) in [5.41, 5.74) is -0.456. The molecule has 2 heterocycles. The lowest BCUT2D eigenvalue weighted by molar-refractivity contribution is -0.158. The average Bonchev–Trinajstić information content (AvgIpc) is 2.78. The van der Waals surface area contributed by atoms with Crippen molar-refractivity contribution < 1.29 is 32.2 Å². The topological polar surface area (TPSA) is 80.8 Å². The number of amides is 1. The number of piperidine rings is 1. The lowest BCUT2D eigenvalue weighted by Crippen LogP contribution is -2.39. The second kappa shape index (κ2) is 10.3. The molecule has 1 amide bonds.